The second-order valence-electron chi connectivity index (χ2n) is 5.87. The van der Waals surface area contributed by atoms with Gasteiger partial charge in [0.15, 0.2) is 0 Å². The van der Waals surface area contributed by atoms with Gasteiger partial charge in [0.05, 0.1) is 31.3 Å². The van der Waals surface area contributed by atoms with E-state index >= 15 is 0 Å². The summed E-state index contributed by atoms with van der Waals surface area (Å²) in [5.41, 5.74) is 0. The summed E-state index contributed by atoms with van der Waals surface area (Å²) >= 11 is 0. The summed E-state index contributed by atoms with van der Waals surface area (Å²) in [6.07, 6.45) is 7.26. The van der Waals surface area contributed by atoms with E-state index < -0.39 is 0 Å². The highest BCUT2D eigenvalue weighted by atomic mass is 16.5. The Morgan fingerprint density at radius 1 is 1.10 bits per heavy atom. The van der Waals surface area contributed by atoms with Crippen LogP contribution in [0.3, 0.4) is 0 Å². The fourth-order valence-corrected chi connectivity index (χ4v) is 2.46. The lowest BCUT2D eigenvalue weighted by atomic mass is 10.1. The number of aliphatic hydroxyl groups is 1. The van der Waals surface area contributed by atoms with Crippen molar-refractivity contribution in [2.75, 3.05) is 6.61 Å². The van der Waals surface area contributed by atoms with E-state index in [1.165, 1.54) is 25.7 Å². The summed E-state index contributed by atoms with van der Waals surface area (Å²) in [4.78, 5) is 11.6. The summed E-state index contributed by atoms with van der Waals surface area (Å²) in [6.45, 7) is 8.12. The Morgan fingerprint density at radius 2 is 1.76 bits per heavy atom. The van der Waals surface area contributed by atoms with Gasteiger partial charge in [0.1, 0.15) is 0 Å². The molecule has 0 spiro atoms. The summed E-state index contributed by atoms with van der Waals surface area (Å²) < 4.78 is 10.9. The van der Waals surface area contributed by atoms with Gasteiger partial charge in [-0.1, -0.05) is 39.0 Å². The van der Waals surface area contributed by atoms with E-state index in [-0.39, 0.29) is 24.3 Å². The minimum absolute atomic E-state index is 0.0416. The van der Waals surface area contributed by atoms with Crippen molar-refractivity contribution in [1.82, 2.24) is 0 Å². The van der Waals surface area contributed by atoms with Crippen LogP contribution in [0.5, 0.6) is 0 Å². The van der Waals surface area contributed by atoms with Crippen molar-refractivity contribution < 1.29 is 19.4 Å². The van der Waals surface area contributed by atoms with Crippen LogP contribution in [-0.4, -0.2) is 36.0 Å². The molecule has 126 valence electrons. The second-order valence-corrected chi connectivity index (χ2v) is 5.87. The number of hydrogen-bond acceptors (Lipinski definition) is 4. The average molecular weight is 302 g/mol. The van der Waals surface area contributed by atoms with Crippen molar-refractivity contribution in [3.63, 3.8) is 0 Å². The van der Waals surface area contributed by atoms with Crippen molar-refractivity contribution in [2.45, 2.75) is 97.4 Å². The fraction of sp³-hybridized carbons (Fsp3) is 0.941. The maximum absolute atomic E-state index is 11.6. The van der Waals surface area contributed by atoms with E-state index in [0.29, 0.717) is 19.4 Å². The third-order valence-corrected chi connectivity index (χ3v) is 3.43. The van der Waals surface area contributed by atoms with Gasteiger partial charge in [-0.15, -0.1) is 0 Å². The number of hydrogen-bond donors (Lipinski definition) is 1. The molecule has 0 unspecified atom stereocenters. The first-order chi connectivity index (χ1) is 9.99. The highest BCUT2D eigenvalue weighted by Gasteiger charge is 2.19. The Balaban J connectivity index is 4.16. The molecule has 0 fully saturated rings. The smallest absolute Gasteiger partial charge is 0.308 e. The molecule has 0 aliphatic carbocycles. The normalized spacial score (nSPS) is 15.5. The van der Waals surface area contributed by atoms with Gasteiger partial charge in [0.2, 0.25) is 0 Å². The zero-order valence-electron chi connectivity index (χ0n) is 14.3. The van der Waals surface area contributed by atoms with E-state index in [2.05, 4.69) is 6.92 Å². The molecule has 0 amide bonds. The van der Waals surface area contributed by atoms with Gasteiger partial charge in [-0.3, -0.25) is 4.79 Å². The van der Waals surface area contributed by atoms with Crippen LogP contribution in [0.1, 0.15) is 79.1 Å². The van der Waals surface area contributed by atoms with Crippen molar-refractivity contribution >= 4 is 5.97 Å². The molecular formula is C17H34O4. The SMILES string of the molecule is CCCCCCC[C@@H](CC(=O)OCC)O[C@@H](C)C[C@@H](C)O. The monoisotopic (exact) mass is 302 g/mol. The fourth-order valence-electron chi connectivity index (χ4n) is 2.46. The summed E-state index contributed by atoms with van der Waals surface area (Å²) in [5, 5.41) is 9.40. The molecule has 0 rings (SSSR count). The molecule has 0 bridgehead atoms. The zero-order chi connectivity index (χ0) is 16.1. The van der Waals surface area contributed by atoms with E-state index in [0.717, 1.165) is 12.8 Å². The molecule has 0 aliphatic rings. The Morgan fingerprint density at radius 3 is 2.33 bits per heavy atom. The minimum Gasteiger partial charge on any atom is -0.466 e. The molecule has 0 radical (unpaired) electrons. The molecule has 3 atom stereocenters. The van der Waals surface area contributed by atoms with Crippen molar-refractivity contribution in [3.05, 3.63) is 0 Å². The van der Waals surface area contributed by atoms with Gasteiger partial charge < -0.3 is 14.6 Å². The van der Waals surface area contributed by atoms with Crippen LogP contribution in [0.2, 0.25) is 0 Å². The number of ether oxygens (including phenoxy) is 2. The molecule has 0 saturated heterocycles. The topological polar surface area (TPSA) is 55.8 Å². The lowest BCUT2D eigenvalue weighted by Crippen LogP contribution is -2.26. The summed E-state index contributed by atoms with van der Waals surface area (Å²) in [6, 6.07) is 0. The number of unbranched alkanes of at least 4 members (excludes halogenated alkanes) is 4. The van der Waals surface area contributed by atoms with Crippen molar-refractivity contribution in [3.8, 4) is 0 Å². The number of carbonyl (C=O) groups is 1. The molecule has 4 nitrogen and oxygen atoms in total. The van der Waals surface area contributed by atoms with Crippen molar-refractivity contribution in [1.29, 1.82) is 0 Å². The van der Waals surface area contributed by atoms with Crippen LogP contribution in [-0.2, 0) is 14.3 Å². The molecule has 0 aromatic heterocycles. The zero-order valence-corrected chi connectivity index (χ0v) is 14.3. The van der Waals surface area contributed by atoms with Gasteiger partial charge in [0.25, 0.3) is 0 Å². The molecule has 0 aromatic rings. The molecule has 4 heteroatoms. The summed E-state index contributed by atoms with van der Waals surface area (Å²) in [7, 11) is 0. The van der Waals surface area contributed by atoms with Crippen molar-refractivity contribution in [2.24, 2.45) is 0 Å². The lowest BCUT2D eigenvalue weighted by molar-refractivity contribution is -0.147. The predicted molar refractivity (Wildman–Crippen MR) is 85.3 cm³/mol. The molecule has 21 heavy (non-hydrogen) atoms. The first kappa shape index (κ1) is 20.4. The van der Waals surface area contributed by atoms with Crippen LogP contribution in [0.15, 0.2) is 0 Å². The maximum Gasteiger partial charge on any atom is 0.308 e. The first-order valence-electron chi connectivity index (χ1n) is 8.48. The Labute approximate surface area is 130 Å². The Bertz CT molecular complexity index is 253. The van der Waals surface area contributed by atoms with E-state index in [1.54, 1.807) is 6.92 Å². The Hall–Kier alpha value is -0.610. The number of aliphatic hydroxyl groups excluding tert-OH is 1. The van der Waals surface area contributed by atoms with E-state index in [4.69, 9.17) is 9.47 Å². The molecule has 0 aliphatic heterocycles. The lowest BCUT2D eigenvalue weighted by Gasteiger charge is -2.23. The van der Waals surface area contributed by atoms with Gasteiger partial charge in [-0.2, -0.15) is 0 Å². The minimum atomic E-state index is -0.382. The average Bonchev–Trinajstić information content (AvgIpc) is 2.37. The third kappa shape index (κ3) is 12.8. The highest BCUT2D eigenvalue weighted by molar-refractivity contribution is 5.69. The van der Waals surface area contributed by atoms with Gasteiger partial charge in [-0.05, 0) is 33.6 Å². The highest BCUT2D eigenvalue weighted by Crippen LogP contribution is 2.16. The summed E-state index contributed by atoms with van der Waals surface area (Å²) in [5.74, 6) is -0.194. The van der Waals surface area contributed by atoms with E-state index in [1.807, 2.05) is 13.8 Å². The maximum atomic E-state index is 11.6. The van der Waals surface area contributed by atoms with Crippen LogP contribution in [0, 0.1) is 0 Å². The largest absolute Gasteiger partial charge is 0.466 e. The van der Waals surface area contributed by atoms with Gasteiger partial charge in [0, 0.05) is 0 Å². The predicted octanol–water partition coefficient (Wildman–Crippen LogP) is 3.84. The van der Waals surface area contributed by atoms with Gasteiger partial charge in [-0.25, -0.2) is 0 Å². The molecular weight excluding hydrogens is 268 g/mol. The van der Waals surface area contributed by atoms with Crippen LogP contribution >= 0.6 is 0 Å². The number of esters is 1. The molecule has 1 N–H and O–H groups in total. The standard InChI is InChI=1S/C17H34O4/c1-5-7-8-9-10-11-16(13-17(19)20-6-2)21-15(4)12-14(3)18/h14-16,18H,5-13H2,1-4H3/t14-,15+,16+/m1/s1. The van der Waals surface area contributed by atoms with E-state index in [9.17, 15) is 9.90 Å². The number of rotatable bonds is 13. The molecule has 0 heterocycles. The molecule has 0 saturated carbocycles. The quantitative estimate of drug-likeness (QED) is 0.415. The third-order valence-electron chi connectivity index (χ3n) is 3.43. The molecule has 0 aromatic carbocycles. The second kappa shape index (κ2) is 13.1. The number of carbonyl (C=O) groups excluding carboxylic acids is 1. The van der Waals surface area contributed by atoms with Gasteiger partial charge >= 0.3 is 5.97 Å². The van der Waals surface area contributed by atoms with Crippen LogP contribution in [0.25, 0.3) is 0 Å². The Kier molecular flexibility index (Phi) is 12.7. The van der Waals surface area contributed by atoms with Crippen LogP contribution < -0.4 is 0 Å². The first-order valence-corrected chi connectivity index (χ1v) is 8.48. The van der Waals surface area contributed by atoms with Crippen LogP contribution in [0.4, 0.5) is 0 Å².